The maximum absolute atomic E-state index is 9.88. The molecule has 0 saturated heterocycles. The van der Waals surface area contributed by atoms with E-state index in [1.807, 2.05) is 84.9 Å². The minimum absolute atomic E-state index is 0.117. The van der Waals surface area contributed by atoms with Crippen molar-refractivity contribution in [1.82, 2.24) is 0 Å². The smallest absolute Gasteiger partial charge is 0.162 e. The van der Waals surface area contributed by atoms with E-state index in [0.717, 1.165) is 109 Å². The summed E-state index contributed by atoms with van der Waals surface area (Å²) in [4.78, 5) is 0. The van der Waals surface area contributed by atoms with Crippen LogP contribution in [-0.2, 0) is 0 Å². The summed E-state index contributed by atoms with van der Waals surface area (Å²) in [6, 6.07) is 83.5. The minimum Gasteiger partial charge on any atom is -0.491 e. The Morgan fingerprint density at radius 3 is 0.793 bits per heavy atom. The van der Waals surface area contributed by atoms with Crippen molar-refractivity contribution in [3.63, 3.8) is 0 Å². The predicted molar refractivity (Wildman–Crippen MR) is 333 cm³/mol. The molecule has 13 aromatic rings. The second kappa shape index (κ2) is 23.5. The van der Waals surface area contributed by atoms with Gasteiger partial charge in [-0.1, -0.05) is 194 Å². The summed E-state index contributed by atoms with van der Waals surface area (Å²) < 4.78 is 40.0. The monoisotopic (exact) mass is 1070 g/mol. The first kappa shape index (κ1) is 51.6. The Morgan fingerprint density at radius 2 is 0.476 bits per heavy atom. The van der Waals surface area contributed by atoms with Gasteiger partial charge < -0.3 is 38.6 Å². The number of aliphatic hydroxyl groups excluding tert-OH is 2. The number of hydrogen-bond acceptors (Lipinski definition) is 8. The SMILES string of the molecule is OCCOc1ccc2ccccc2c1-c1c(OCCOc2cc(-c3ccc4ccccc4c3)c(-c3ccc4ccccc4c3)cc2OCCOc2ccc3ccccc3c2-c2c(OCCO)ccc3ccccc23)ccc2ccccc12. The van der Waals surface area contributed by atoms with Gasteiger partial charge in [-0.05, 0) is 135 Å². The van der Waals surface area contributed by atoms with Crippen LogP contribution in [0.1, 0.15) is 0 Å². The second-order valence-corrected chi connectivity index (χ2v) is 20.1. The Bertz CT molecular complexity index is 4190. The standard InChI is InChI=1S/C74H58O8/c75-37-39-77-65-33-29-51-15-5-9-21-59(51)71(65)73-61-23-11-7-17-53(61)31-35-67(73)79-41-43-81-69-47-63(57-27-25-49-13-1-3-19-55(49)45-57)64(58-28-26-50-14-2-4-20-56(50)46-58)48-70(69)82-44-42-80-68-36-32-54-18-8-12-24-62(54)74(68)72-60-22-10-6-16-52(60)30-34-66(72)78-40-38-76/h1-36,45-48,75-76H,37-44H2. The summed E-state index contributed by atoms with van der Waals surface area (Å²) >= 11 is 0. The highest BCUT2D eigenvalue weighted by Crippen LogP contribution is 2.48. The highest BCUT2D eigenvalue weighted by Gasteiger charge is 2.23. The third-order valence-electron chi connectivity index (χ3n) is 15.2. The fourth-order valence-corrected chi connectivity index (χ4v) is 11.4. The van der Waals surface area contributed by atoms with Gasteiger partial charge in [0, 0.05) is 22.3 Å². The lowest BCUT2D eigenvalue weighted by Crippen LogP contribution is -2.13. The van der Waals surface area contributed by atoms with Gasteiger partial charge in [0.1, 0.15) is 62.6 Å². The molecule has 13 rings (SSSR count). The number of benzene rings is 13. The van der Waals surface area contributed by atoms with Crippen LogP contribution in [0.25, 0.3) is 109 Å². The molecule has 0 bridgehead atoms. The van der Waals surface area contributed by atoms with E-state index in [2.05, 4.69) is 158 Å². The van der Waals surface area contributed by atoms with Gasteiger partial charge in [0.25, 0.3) is 0 Å². The average molecular weight is 1080 g/mol. The van der Waals surface area contributed by atoms with Crippen LogP contribution in [0.3, 0.4) is 0 Å². The molecule has 402 valence electrons. The topological polar surface area (TPSA) is 95.8 Å². The number of hydrogen-bond donors (Lipinski definition) is 2. The normalized spacial score (nSPS) is 11.4. The van der Waals surface area contributed by atoms with E-state index in [9.17, 15) is 10.2 Å². The van der Waals surface area contributed by atoms with Gasteiger partial charge in [-0.2, -0.15) is 0 Å². The van der Waals surface area contributed by atoms with Crippen LogP contribution in [-0.4, -0.2) is 63.1 Å². The van der Waals surface area contributed by atoms with Gasteiger partial charge in [-0.15, -0.1) is 0 Å². The van der Waals surface area contributed by atoms with Crippen LogP contribution in [0.5, 0.6) is 34.5 Å². The van der Waals surface area contributed by atoms with Crippen molar-refractivity contribution in [2.24, 2.45) is 0 Å². The zero-order valence-corrected chi connectivity index (χ0v) is 45.1. The van der Waals surface area contributed by atoms with Crippen molar-refractivity contribution in [1.29, 1.82) is 0 Å². The molecule has 0 amide bonds. The molecule has 0 fully saturated rings. The summed E-state index contributed by atoms with van der Waals surface area (Å²) in [7, 11) is 0. The molecule has 0 spiro atoms. The van der Waals surface area contributed by atoms with E-state index in [4.69, 9.17) is 28.4 Å². The molecule has 0 aliphatic heterocycles. The average Bonchev–Trinajstić information content (AvgIpc) is 3.55. The lowest BCUT2D eigenvalue weighted by Gasteiger charge is -2.21. The molecule has 0 aliphatic rings. The summed E-state index contributed by atoms with van der Waals surface area (Å²) in [5.74, 6) is 3.77. The van der Waals surface area contributed by atoms with Crippen molar-refractivity contribution in [2.45, 2.75) is 0 Å². The fraction of sp³-hybridized carbons (Fsp3) is 0.108. The first-order valence-corrected chi connectivity index (χ1v) is 27.8. The quantitative estimate of drug-likeness (QED) is 0.0729. The second-order valence-electron chi connectivity index (χ2n) is 20.1. The van der Waals surface area contributed by atoms with E-state index in [1.165, 1.54) is 0 Å². The first-order valence-electron chi connectivity index (χ1n) is 27.8. The van der Waals surface area contributed by atoms with Crippen molar-refractivity contribution in [3.05, 3.63) is 243 Å². The molecule has 2 N–H and O–H groups in total. The highest BCUT2D eigenvalue weighted by molar-refractivity contribution is 6.11. The van der Waals surface area contributed by atoms with E-state index >= 15 is 0 Å². The molecule has 0 aromatic heterocycles. The van der Waals surface area contributed by atoms with E-state index in [0.29, 0.717) is 34.5 Å². The molecule has 13 aromatic carbocycles. The molecular formula is C74H58O8. The van der Waals surface area contributed by atoms with Gasteiger partial charge in [-0.25, -0.2) is 0 Å². The third kappa shape index (κ3) is 10.3. The summed E-state index contributed by atoms with van der Waals surface area (Å²) in [6.07, 6.45) is 0. The van der Waals surface area contributed by atoms with Crippen LogP contribution in [0.4, 0.5) is 0 Å². The summed E-state index contributed by atoms with van der Waals surface area (Å²) in [5.41, 5.74) is 7.62. The van der Waals surface area contributed by atoms with Crippen LogP contribution in [0, 0.1) is 0 Å². The van der Waals surface area contributed by atoms with E-state index in [-0.39, 0.29) is 52.9 Å². The Kier molecular flexibility index (Phi) is 14.8. The fourth-order valence-electron chi connectivity index (χ4n) is 11.4. The Hall–Kier alpha value is -9.86. The lowest BCUT2D eigenvalue weighted by molar-refractivity contribution is 0.192. The third-order valence-corrected chi connectivity index (χ3v) is 15.2. The van der Waals surface area contributed by atoms with Gasteiger partial charge in [0.05, 0.1) is 13.2 Å². The zero-order chi connectivity index (χ0) is 55.2. The Morgan fingerprint density at radius 1 is 0.220 bits per heavy atom. The summed E-state index contributed by atoms with van der Waals surface area (Å²) in [6.45, 7) is 0.826. The van der Waals surface area contributed by atoms with Gasteiger partial charge in [0.15, 0.2) is 11.5 Å². The van der Waals surface area contributed by atoms with Crippen LogP contribution in [0.2, 0.25) is 0 Å². The molecule has 8 nitrogen and oxygen atoms in total. The van der Waals surface area contributed by atoms with Crippen molar-refractivity contribution >= 4 is 64.6 Å². The molecule has 8 heteroatoms. The van der Waals surface area contributed by atoms with E-state index in [1.54, 1.807) is 0 Å². The number of aliphatic hydroxyl groups is 2. The molecule has 0 atom stereocenters. The maximum Gasteiger partial charge on any atom is 0.162 e. The molecule has 0 saturated carbocycles. The zero-order valence-electron chi connectivity index (χ0n) is 45.1. The number of rotatable bonds is 20. The largest absolute Gasteiger partial charge is 0.491 e. The summed E-state index contributed by atoms with van der Waals surface area (Å²) in [5, 5.41) is 32.6. The molecule has 0 radical (unpaired) electrons. The Balaban J connectivity index is 0.871. The lowest BCUT2D eigenvalue weighted by atomic mass is 9.91. The predicted octanol–water partition coefficient (Wildman–Crippen LogP) is 16.9. The number of ether oxygens (including phenoxy) is 6. The van der Waals surface area contributed by atoms with Crippen molar-refractivity contribution < 1.29 is 38.6 Å². The first-order chi connectivity index (χ1) is 40.6. The van der Waals surface area contributed by atoms with Crippen LogP contribution in [0.15, 0.2) is 243 Å². The minimum atomic E-state index is -0.117. The molecule has 0 unspecified atom stereocenters. The number of fused-ring (bicyclic) bond motifs is 6. The Labute approximate surface area is 475 Å². The van der Waals surface area contributed by atoms with E-state index < -0.39 is 0 Å². The van der Waals surface area contributed by atoms with Crippen molar-refractivity contribution in [2.75, 3.05) is 52.9 Å². The molecule has 82 heavy (non-hydrogen) atoms. The van der Waals surface area contributed by atoms with Crippen molar-refractivity contribution in [3.8, 4) is 79.0 Å². The van der Waals surface area contributed by atoms with Crippen LogP contribution < -0.4 is 28.4 Å². The molecule has 0 heterocycles. The van der Waals surface area contributed by atoms with Gasteiger partial charge >= 0.3 is 0 Å². The maximum atomic E-state index is 9.88. The van der Waals surface area contributed by atoms with Gasteiger partial charge in [-0.3, -0.25) is 0 Å². The molecule has 0 aliphatic carbocycles. The molecular weight excluding hydrogens is 1020 g/mol. The highest BCUT2D eigenvalue weighted by atomic mass is 16.6. The van der Waals surface area contributed by atoms with Gasteiger partial charge in [0.2, 0.25) is 0 Å². The van der Waals surface area contributed by atoms with Crippen LogP contribution >= 0.6 is 0 Å².